The summed E-state index contributed by atoms with van der Waals surface area (Å²) >= 11 is 0. The van der Waals surface area contributed by atoms with E-state index in [4.69, 9.17) is 10.5 Å². The van der Waals surface area contributed by atoms with Crippen molar-refractivity contribution >= 4 is 10.8 Å². The molecule has 2 N–H and O–H groups in total. The van der Waals surface area contributed by atoms with Crippen LogP contribution in [-0.4, -0.2) is 18.8 Å². The fourth-order valence-electron chi connectivity index (χ4n) is 2.78. The maximum atomic E-state index is 6.50. The summed E-state index contributed by atoms with van der Waals surface area (Å²) in [5, 5.41) is 2.63. The molecule has 2 aromatic rings. The highest BCUT2D eigenvalue weighted by atomic mass is 16.5. The Labute approximate surface area is 108 Å². The lowest BCUT2D eigenvalue weighted by Gasteiger charge is -2.33. The van der Waals surface area contributed by atoms with Crippen molar-refractivity contribution in [3.63, 3.8) is 0 Å². The average molecular weight is 241 g/mol. The predicted octanol–water partition coefficient (Wildman–Crippen LogP) is 2.89. The van der Waals surface area contributed by atoms with Crippen LogP contribution in [0.3, 0.4) is 0 Å². The van der Waals surface area contributed by atoms with Crippen LogP contribution in [-0.2, 0) is 11.2 Å². The molecule has 0 aromatic heterocycles. The van der Waals surface area contributed by atoms with Crippen molar-refractivity contribution in [2.45, 2.75) is 24.8 Å². The molecule has 2 aromatic carbocycles. The van der Waals surface area contributed by atoms with Crippen LogP contribution in [0, 0.1) is 0 Å². The number of ether oxygens (including phenoxy) is 1. The van der Waals surface area contributed by atoms with Crippen LogP contribution in [0.4, 0.5) is 0 Å². The fourth-order valence-corrected chi connectivity index (χ4v) is 2.78. The Kier molecular flexibility index (Phi) is 3.06. The molecule has 1 heterocycles. The van der Waals surface area contributed by atoms with Crippen LogP contribution in [0.5, 0.6) is 0 Å². The van der Waals surface area contributed by atoms with Gasteiger partial charge in [-0.3, -0.25) is 0 Å². The van der Waals surface area contributed by atoms with Crippen molar-refractivity contribution in [2.75, 3.05) is 13.2 Å². The summed E-state index contributed by atoms with van der Waals surface area (Å²) in [5.41, 5.74) is 7.77. The smallest absolute Gasteiger partial charge is 0.0483 e. The van der Waals surface area contributed by atoms with Crippen LogP contribution in [0.1, 0.15) is 18.4 Å². The first-order valence-electron chi connectivity index (χ1n) is 6.60. The molecule has 0 unspecified atom stereocenters. The zero-order valence-electron chi connectivity index (χ0n) is 10.6. The molecule has 18 heavy (non-hydrogen) atoms. The van der Waals surface area contributed by atoms with E-state index in [0.717, 1.165) is 32.5 Å². The minimum absolute atomic E-state index is 0.0949. The zero-order valence-corrected chi connectivity index (χ0v) is 10.6. The van der Waals surface area contributed by atoms with Gasteiger partial charge in [0.1, 0.15) is 0 Å². The van der Waals surface area contributed by atoms with Crippen LogP contribution in [0.15, 0.2) is 42.5 Å². The summed E-state index contributed by atoms with van der Waals surface area (Å²) in [5.74, 6) is 0. The predicted molar refractivity (Wildman–Crippen MR) is 74.6 cm³/mol. The second-order valence-corrected chi connectivity index (χ2v) is 5.29. The molecule has 0 aliphatic carbocycles. The van der Waals surface area contributed by atoms with Gasteiger partial charge in [-0.05, 0) is 35.6 Å². The molecule has 2 nitrogen and oxygen atoms in total. The van der Waals surface area contributed by atoms with Crippen LogP contribution in [0.25, 0.3) is 10.8 Å². The van der Waals surface area contributed by atoms with Gasteiger partial charge in [0, 0.05) is 18.8 Å². The highest BCUT2D eigenvalue weighted by Crippen LogP contribution is 2.27. The van der Waals surface area contributed by atoms with Crippen molar-refractivity contribution in [3.8, 4) is 0 Å². The van der Waals surface area contributed by atoms with Gasteiger partial charge in [-0.1, -0.05) is 42.5 Å². The number of hydrogen-bond donors (Lipinski definition) is 1. The molecule has 1 fully saturated rings. The minimum atomic E-state index is -0.0949. The van der Waals surface area contributed by atoms with Crippen LogP contribution >= 0.6 is 0 Å². The third-order valence-corrected chi connectivity index (χ3v) is 3.91. The molecular weight excluding hydrogens is 222 g/mol. The van der Waals surface area contributed by atoms with Gasteiger partial charge in [0.15, 0.2) is 0 Å². The second kappa shape index (κ2) is 4.71. The van der Waals surface area contributed by atoms with Gasteiger partial charge in [0.2, 0.25) is 0 Å². The molecule has 0 atom stereocenters. The Morgan fingerprint density at radius 3 is 2.56 bits per heavy atom. The van der Waals surface area contributed by atoms with Gasteiger partial charge in [-0.15, -0.1) is 0 Å². The molecule has 0 saturated carbocycles. The Morgan fingerprint density at radius 2 is 1.72 bits per heavy atom. The Bertz CT molecular complexity index is 538. The largest absolute Gasteiger partial charge is 0.381 e. The minimum Gasteiger partial charge on any atom is -0.381 e. The van der Waals surface area contributed by atoms with E-state index in [-0.39, 0.29) is 5.54 Å². The SMILES string of the molecule is NC1(Cc2cccc3ccccc23)CCOCC1. The van der Waals surface area contributed by atoms with E-state index < -0.39 is 0 Å². The molecular formula is C16H19NO. The Balaban J connectivity index is 1.94. The topological polar surface area (TPSA) is 35.2 Å². The standard InChI is InChI=1S/C16H19NO/c17-16(8-10-18-11-9-16)12-14-6-3-5-13-4-1-2-7-15(13)14/h1-7H,8-12,17H2. The molecule has 0 amide bonds. The van der Waals surface area contributed by atoms with E-state index >= 15 is 0 Å². The normalized spacial score (nSPS) is 18.9. The maximum Gasteiger partial charge on any atom is 0.0483 e. The summed E-state index contributed by atoms with van der Waals surface area (Å²) in [7, 11) is 0. The van der Waals surface area contributed by atoms with Crippen LogP contribution < -0.4 is 5.73 Å². The highest BCUT2D eigenvalue weighted by molar-refractivity contribution is 5.85. The quantitative estimate of drug-likeness (QED) is 0.877. The van der Waals surface area contributed by atoms with Gasteiger partial charge in [-0.2, -0.15) is 0 Å². The molecule has 1 aliphatic rings. The van der Waals surface area contributed by atoms with Gasteiger partial charge >= 0.3 is 0 Å². The van der Waals surface area contributed by atoms with Crippen molar-refractivity contribution in [3.05, 3.63) is 48.0 Å². The molecule has 0 spiro atoms. The van der Waals surface area contributed by atoms with E-state index in [0.29, 0.717) is 0 Å². The highest BCUT2D eigenvalue weighted by Gasteiger charge is 2.28. The first-order valence-corrected chi connectivity index (χ1v) is 6.60. The third kappa shape index (κ3) is 2.26. The van der Waals surface area contributed by atoms with Crippen molar-refractivity contribution in [1.29, 1.82) is 0 Å². The van der Waals surface area contributed by atoms with Gasteiger partial charge in [-0.25, -0.2) is 0 Å². The van der Waals surface area contributed by atoms with Crippen molar-refractivity contribution in [2.24, 2.45) is 5.73 Å². The Hall–Kier alpha value is -1.38. The molecule has 3 rings (SSSR count). The third-order valence-electron chi connectivity index (χ3n) is 3.91. The summed E-state index contributed by atoms with van der Waals surface area (Å²) in [4.78, 5) is 0. The Morgan fingerprint density at radius 1 is 1.00 bits per heavy atom. The molecule has 2 heteroatoms. The first kappa shape index (κ1) is 11.7. The van der Waals surface area contributed by atoms with Crippen LogP contribution in [0.2, 0.25) is 0 Å². The van der Waals surface area contributed by atoms with E-state index in [1.54, 1.807) is 0 Å². The zero-order chi connectivity index (χ0) is 12.4. The lowest BCUT2D eigenvalue weighted by Crippen LogP contribution is -2.46. The monoisotopic (exact) mass is 241 g/mol. The number of hydrogen-bond acceptors (Lipinski definition) is 2. The summed E-state index contributed by atoms with van der Waals surface area (Å²) < 4.78 is 5.41. The van der Waals surface area contributed by atoms with Gasteiger partial charge < -0.3 is 10.5 Å². The van der Waals surface area contributed by atoms with Gasteiger partial charge in [0.25, 0.3) is 0 Å². The first-order chi connectivity index (χ1) is 8.77. The lowest BCUT2D eigenvalue weighted by atomic mass is 9.83. The number of fused-ring (bicyclic) bond motifs is 1. The second-order valence-electron chi connectivity index (χ2n) is 5.29. The lowest BCUT2D eigenvalue weighted by molar-refractivity contribution is 0.0534. The molecule has 0 bridgehead atoms. The van der Waals surface area contributed by atoms with E-state index in [2.05, 4.69) is 42.5 Å². The summed E-state index contributed by atoms with van der Waals surface area (Å²) in [6, 6.07) is 15.0. The summed E-state index contributed by atoms with van der Waals surface area (Å²) in [6.45, 7) is 1.59. The number of benzene rings is 2. The molecule has 1 aliphatic heterocycles. The fraction of sp³-hybridized carbons (Fsp3) is 0.375. The summed E-state index contributed by atoms with van der Waals surface area (Å²) in [6.07, 6.45) is 2.85. The average Bonchev–Trinajstić information content (AvgIpc) is 2.40. The van der Waals surface area contributed by atoms with E-state index in [9.17, 15) is 0 Å². The molecule has 94 valence electrons. The van der Waals surface area contributed by atoms with E-state index in [1.807, 2.05) is 0 Å². The van der Waals surface area contributed by atoms with Crippen molar-refractivity contribution < 1.29 is 4.74 Å². The van der Waals surface area contributed by atoms with Gasteiger partial charge in [0.05, 0.1) is 0 Å². The maximum absolute atomic E-state index is 6.50. The number of nitrogens with two attached hydrogens (primary N) is 1. The van der Waals surface area contributed by atoms with Crippen molar-refractivity contribution in [1.82, 2.24) is 0 Å². The molecule has 0 radical (unpaired) electrons. The molecule has 1 saturated heterocycles. The number of rotatable bonds is 2. The van der Waals surface area contributed by atoms with E-state index in [1.165, 1.54) is 16.3 Å².